The van der Waals surface area contributed by atoms with Gasteiger partial charge in [0.05, 0.1) is 5.56 Å². The fourth-order valence-corrected chi connectivity index (χ4v) is 2.15. The summed E-state index contributed by atoms with van der Waals surface area (Å²) in [4.78, 5) is 23.5. The van der Waals surface area contributed by atoms with E-state index in [1.807, 2.05) is 31.2 Å². The van der Waals surface area contributed by atoms with E-state index in [1.54, 1.807) is 17.8 Å². The van der Waals surface area contributed by atoms with E-state index in [0.717, 1.165) is 18.7 Å². The summed E-state index contributed by atoms with van der Waals surface area (Å²) in [5, 5.41) is 6.06. The Kier molecular flexibility index (Phi) is 4.95. The fourth-order valence-electron chi connectivity index (χ4n) is 2.15. The van der Waals surface area contributed by atoms with E-state index in [1.165, 1.54) is 6.07 Å². The summed E-state index contributed by atoms with van der Waals surface area (Å²) < 4.78 is 1.58. The van der Waals surface area contributed by atoms with E-state index in [0.29, 0.717) is 16.9 Å². The summed E-state index contributed by atoms with van der Waals surface area (Å²) in [6, 6.07) is 9.11. The second kappa shape index (κ2) is 6.91. The van der Waals surface area contributed by atoms with E-state index in [9.17, 15) is 9.59 Å². The van der Waals surface area contributed by atoms with Crippen molar-refractivity contribution < 1.29 is 9.59 Å². The maximum atomic E-state index is 12.3. The monoisotopic (exact) mass is 300 g/mol. The predicted octanol–water partition coefficient (Wildman–Crippen LogP) is 1.49. The Morgan fingerprint density at radius 2 is 2.05 bits per heavy atom. The third kappa shape index (κ3) is 3.73. The van der Waals surface area contributed by atoms with Gasteiger partial charge in [-0.25, -0.2) is 0 Å². The maximum Gasteiger partial charge on any atom is 0.272 e. The maximum absolute atomic E-state index is 12.3. The van der Waals surface area contributed by atoms with Gasteiger partial charge in [0, 0.05) is 25.5 Å². The van der Waals surface area contributed by atoms with Crippen LogP contribution in [-0.2, 0) is 13.6 Å². The lowest BCUT2D eigenvalue weighted by atomic mass is 10.2. The van der Waals surface area contributed by atoms with Gasteiger partial charge in [-0.2, -0.15) is 0 Å². The highest BCUT2D eigenvalue weighted by Crippen LogP contribution is 2.14. The molecule has 0 bridgehead atoms. The van der Waals surface area contributed by atoms with Crippen molar-refractivity contribution in [3.8, 4) is 0 Å². The third-order valence-electron chi connectivity index (χ3n) is 3.29. The first-order valence-electron chi connectivity index (χ1n) is 7.08. The smallest absolute Gasteiger partial charge is 0.272 e. The van der Waals surface area contributed by atoms with Crippen molar-refractivity contribution >= 4 is 17.5 Å². The van der Waals surface area contributed by atoms with E-state index in [4.69, 9.17) is 5.73 Å². The first-order valence-corrected chi connectivity index (χ1v) is 7.08. The molecule has 0 aliphatic carbocycles. The van der Waals surface area contributed by atoms with Crippen LogP contribution in [0.15, 0.2) is 36.5 Å². The molecule has 0 saturated heterocycles. The number of anilines is 1. The number of nitrogens with zero attached hydrogens (tertiary/aromatic N) is 1. The average Bonchev–Trinajstić information content (AvgIpc) is 2.88. The topological polar surface area (TPSA) is 89.2 Å². The Morgan fingerprint density at radius 3 is 2.68 bits per heavy atom. The molecule has 1 aromatic heterocycles. The van der Waals surface area contributed by atoms with Crippen LogP contribution >= 0.6 is 0 Å². The number of carbonyl (C=O) groups excluding carboxylic acids is 2. The molecule has 0 spiro atoms. The zero-order chi connectivity index (χ0) is 16.1. The molecule has 0 aliphatic heterocycles. The number of aryl methyl sites for hydroxylation is 1. The van der Waals surface area contributed by atoms with Crippen LogP contribution in [0.25, 0.3) is 0 Å². The molecule has 1 aromatic carbocycles. The van der Waals surface area contributed by atoms with Crippen molar-refractivity contribution in [2.24, 2.45) is 12.8 Å². The van der Waals surface area contributed by atoms with Crippen LogP contribution in [0.2, 0.25) is 0 Å². The number of nitrogens with two attached hydrogens (primary N) is 1. The predicted molar refractivity (Wildman–Crippen MR) is 85.7 cm³/mol. The van der Waals surface area contributed by atoms with Gasteiger partial charge in [-0.15, -0.1) is 0 Å². The fraction of sp³-hybridized carbons (Fsp3) is 0.250. The molecule has 0 unspecified atom stereocenters. The van der Waals surface area contributed by atoms with Crippen LogP contribution in [0.5, 0.6) is 0 Å². The molecule has 0 saturated carbocycles. The number of benzene rings is 1. The minimum absolute atomic E-state index is 0.282. The molecule has 0 aliphatic rings. The van der Waals surface area contributed by atoms with Gasteiger partial charge in [0.2, 0.25) is 5.91 Å². The quantitative estimate of drug-likeness (QED) is 0.755. The lowest BCUT2D eigenvalue weighted by molar-refractivity contribution is 0.0998. The molecule has 0 fully saturated rings. The van der Waals surface area contributed by atoms with Crippen molar-refractivity contribution in [3.05, 3.63) is 53.3 Å². The van der Waals surface area contributed by atoms with Gasteiger partial charge in [0.1, 0.15) is 5.69 Å². The molecule has 4 N–H and O–H groups in total. The Morgan fingerprint density at radius 1 is 1.27 bits per heavy atom. The van der Waals surface area contributed by atoms with Gasteiger partial charge < -0.3 is 20.9 Å². The van der Waals surface area contributed by atoms with Gasteiger partial charge >= 0.3 is 0 Å². The lowest BCUT2D eigenvalue weighted by Crippen LogP contribution is -2.16. The Bertz CT molecular complexity index is 691. The molecule has 116 valence electrons. The lowest BCUT2D eigenvalue weighted by Gasteiger charge is -2.08. The standard InChI is InChI=1S/C16H20N4O2/c1-3-18-9-11-5-4-6-13(7-11)19-16(22)14-8-12(15(17)21)10-20(14)2/h4-8,10,18H,3,9H2,1-2H3,(H2,17,21)(H,19,22). The van der Waals surface area contributed by atoms with Crippen LogP contribution < -0.4 is 16.4 Å². The van der Waals surface area contributed by atoms with Crippen LogP contribution in [0, 0.1) is 0 Å². The number of rotatable bonds is 6. The summed E-state index contributed by atoms with van der Waals surface area (Å²) >= 11 is 0. The molecular formula is C16H20N4O2. The molecular weight excluding hydrogens is 280 g/mol. The summed E-state index contributed by atoms with van der Waals surface area (Å²) in [5.74, 6) is -0.835. The number of hydrogen-bond acceptors (Lipinski definition) is 3. The Labute approximate surface area is 129 Å². The van der Waals surface area contributed by atoms with Crippen LogP contribution in [0.1, 0.15) is 33.3 Å². The first kappa shape index (κ1) is 15.8. The van der Waals surface area contributed by atoms with Gasteiger partial charge in [0.15, 0.2) is 0 Å². The number of nitrogens with one attached hydrogen (secondary N) is 2. The molecule has 2 rings (SSSR count). The first-order chi connectivity index (χ1) is 10.5. The summed E-state index contributed by atoms with van der Waals surface area (Å²) in [5.41, 5.74) is 7.72. The molecule has 6 nitrogen and oxygen atoms in total. The average molecular weight is 300 g/mol. The Hall–Kier alpha value is -2.60. The normalized spacial score (nSPS) is 10.5. The van der Waals surface area contributed by atoms with E-state index in [2.05, 4.69) is 10.6 Å². The van der Waals surface area contributed by atoms with Crippen molar-refractivity contribution in [2.75, 3.05) is 11.9 Å². The largest absolute Gasteiger partial charge is 0.366 e. The molecule has 2 aromatic rings. The summed E-state index contributed by atoms with van der Waals surface area (Å²) in [6.07, 6.45) is 1.54. The minimum Gasteiger partial charge on any atom is -0.366 e. The zero-order valence-electron chi connectivity index (χ0n) is 12.7. The van der Waals surface area contributed by atoms with Crippen LogP contribution in [-0.4, -0.2) is 22.9 Å². The van der Waals surface area contributed by atoms with Crippen LogP contribution in [0.4, 0.5) is 5.69 Å². The van der Waals surface area contributed by atoms with E-state index < -0.39 is 5.91 Å². The molecule has 22 heavy (non-hydrogen) atoms. The van der Waals surface area contributed by atoms with Crippen molar-refractivity contribution in [2.45, 2.75) is 13.5 Å². The zero-order valence-corrected chi connectivity index (χ0v) is 12.7. The highest BCUT2D eigenvalue weighted by molar-refractivity contribution is 6.05. The molecule has 6 heteroatoms. The number of carbonyl (C=O) groups is 2. The third-order valence-corrected chi connectivity index (χ3v) is 3.29. The van der Waals surface area contributed by atoms with Gasteiger partial charge in [0.25, 0.3) is 5.91 Å². The number of primary amides is 1. The number of aromatic nitrogens is 1. The Balaban J connectivity index is 2.13. The van der Waals surface area contributed by atoms with E-state index >= 15 is 0 Å². The summed E-state index contributed by atoms with van der Waals surface area (Å²) in [6.45, 7) is 3.67. The molecule has 1 heterocycles. The summed E-state index contributed by atoms with van der Waals surface area (Å²) in [7, 11) is 1.70. The van der Waals surface area contributed by atoms with Gasteiger partial charge in [-0.3, -0.25) is 9.59 Å². The molecule has 2 amide bonds. The van der Waals surface area contributed by atoms with Crippen molar-refractivity contribution in [1.29, 1.82) is 0 Å². The van der Waals surface area contributed by atoms with Gasteiger partial charge in [-0.05, 0) is 30.3 Å². The molecule has 0 radical (unpaired) electrons. The van der Waals surface area contributed by atoms with E-state index in [-0.39, 0.29) is 5.91 Å². The highest BCUT2D eigenvalue weighted by Gasteiger charge is 2.14. The van der Waals surface area contributed by atoms with Crippen molar-refractivity contribution in [3.63, 3.8) is 0 Å². The second-order valence-corrected chi connectivity index (χ2v) is 5.02. The van der Waals surface area contributed by atoms with Crippen molar-refractivity contribution in [1.82, 2.24) is 9.88 Å². The van der Waals surface area contributed by atoms with Crippen LogP contribution in [0.3, 0.4) is 0 Å². The second-order valence-electron chi connectivity index (χ2n) is 5.02. The minimum atomic E-state index is -0.553. The number of hydrogen-bond donors (Lipinski definition) is 3. The number of amides is 2. The van der Waals surface area contributed by atoms with Gasteiger partial charge in [-0.1, -0.05) is 19.1 Å². The highest BCUT2D eigenvalue weighted by atomic mass is 16.2. The molecule has 0 atom stereocenters. The SMILES string of the molecule is CCNCc1cccc(NC(=O)c2cc(C(N)=O)cn2C)c1.